The summed E-state index contributed by atoms with van der Waals surface area (Å²) in [7, 11) is 0. The van der Waals surface area contributed by atoms with Crippen molar-refractivity contribution < 1.29 is 9.59 Å². The standard InChI is InChI=1S/C29H36Cl2N4O2/c1-18(32)25-3-2-4-26(33-25)28(36)35-17-22(20-7-11-24(31)12-8-20)15-27(35)29(37)34-14-13-21(16-34)19-5-9-23(30)10-6-19/h5-12,18,21-22,25-27,33H,2-4,13-17,32H2,1H3. The van der Waals surface area contributed by atoms with Crippen molar-refractivity contribution in [1.82, 2.24) is 15.1 Å². The van der Waals surface area contributed by atoms with E-state index in [1.165, 1.54) is 5.56 Å². The third-order valence-corrected chi connectivity index (χ3v) is 8.91. The molecule has 3 fully saturated rings. The number of hydrogen-bond acceptors (Lipinski definition) is 4. The molecular formula is C29H36Cl2N4O2. The molecule has 0 radical (unpaired) electrons. The third-order valence-electron chi connectivity index (χ3n) is 8.41. The van der Waals surface area contributed by atoms with Crippen LogP contribution in [-0.4, -0.2) is 65.4 Å². The number of benzene rings is 2. The lowest BCUT2D eigenvalue weighted by molar-refractivity contribution is -0.144. The van der Waals surface area contributed by atoms with Gasteiger partial charge in [0.15, 0.2) is 0 Å². The van der Waals surface area contributed by atoms with Gasteiger partial charge in [0.2, 0.25) is 11.8 Å². The number of amides is 2. The summed E-state index contributed by atoms with van der Waals surface area (Å²) < 4.78 is 0. The van der Waals surface area contributed by atoms with E-state index in [0.717, 1.165) is 31.2 Å². The van der Waals surface area contributed by atoms with Crippen molar-refractivity contribution in [3.8, 4) is 0 Å². The quantitative estimate of drug-likeness (QED) is 0.580. The average Bonchev–Trinajstić information content (AvgIpc) is 3.57. The van der Waals surface area contributed by atoms with Gasteiger partial charge in [-0.25, -0.2) is 0 Å². The molecule has 0 bridgehead atoms. The Morgan fingerprint density at radius 3 is 2.14 bits per heavy atom. The SMILES string of the molecule is CC(N)C1CCCC(C(=O)N2CC(c3ccc(Cl)cc3)CC2C(=O)N2CCC(c3ccc(Cl)cc3)C2)N1. The predicted molar refractivity (Wildman–Crippen MR) is 148 cm³/mol. The zero-order valence-corrected chi connectivity index (χ0v) is 22.8. The smallest absolute Gasteiger partial charge is 0.245 e. The fourth-order valence-corrected chi connectivity index (χ4v) is 6.50. The molecule has 6 atom stereocenters. The molecule has 6 nitrogen and oxygen atoms in total. The van der Waals surface area contributed by atoms with Gasteiger partial charge < -0.3 is 20.9 Å². The third kappa shape index (κ3) is 5.83. The first-order valence-electron chi connectivity index (χ1n) is 13.4. The van der Waals surface area contributed by atoms with Gasteiger partial charge in [-0.15, -0.1) is 0 Å². The van der Waals surface area contributed by atoms with Gasteiger partial charge in [0.25, 0.3) is 0 Å². The zero-order valence-electron chi connectivity index (χ0n) is 21.3. The second kappa shape index (κ2) is 11.3. The van der Waals surface area contributed by atoms with Gasteiger partial charge in [0.05, 0.1) is 6.04 Å². The van der Waals surface area contributed by atoms with E-state index in [1.807, 2.05) is 65.3 Å². The van der Waals surface area contributed by atoms with E-state index in [0.29, 0.717) is 36.1 Å². The van der Waals surface area contributed by atoms with Crippen LogP contribution >= 0.6 is 23.2 Å². The van der Waals surface area contributed by atoms with Crippen LogP contribution in [0, 0.1) is 0 Å². The number of likely N-dealkylation sites (tertiary alicyclic amines) is 2. The van der Waals surface area contributed by atoms with Crippen molar-refractivity contribution in [2.24, 2.45) is 5.73 Å². The van der Waals surface area contributed by atoms with Crippen molar-refractivity contribution in [2.75, 3.05) is 19.6 Å². The number of nitrogens with zero attached hydrogens (tertiary/aromatic N) is 2. The minimum atomic E-state index is -0.463. The number of carbonyl (C=O) groups is 2. The number of rotatable bonds is 5. The molecular weight excluding hydrogens is 507 g/mol. The van der Waals surface area contributed by atoms with Crippen molar-refractivity contribution in [3.63, 3.8) is 0 Å². The minimum Gasteiger partial charge on any atom is -0.340 e. The lowest BCUT2D eigenvalue weighted by Gasteiger charge is -2.36. The highest BCUT2D eigenvalue weighted by Crippen LogP contribution is 2.36. The summed E-state index contributed by atoms with van der Waals surface area (Å²) in [6, 6.07) is 15.0. The molecule has 6 unspecified atom stereocenters. The van der Waals surface area contributed by atoms with E-state index in [4.69, 9.17) is 28.9 Å². The number of halogens is 2. The zero-order chi connectivity index (χ0) is 26.1. The van der Waals surface area contributed by atoms with E-state index in [9.17, 15) is 9.59 Å². The Hall–Kier alpha value is -2.12. The Morgan fingerprint density at radius 2 is 1.51 bits per heavy atom. The molecule has 198 valence electrons. The van der Waals surface area contributed by atoms with E-state index >= 15 is 0 Å². The van der Waals surface area contributed by atoms with Crippen LogP contribution in [0.1, 0.15) is 62.0 Å². The Labute approximate surface area is 229 Å². The maximum atomic E-state index is 13.9. The number of nitrogens with one attached hydrogen (secondary N) is 1. The average molecular weight is 544 g/mol. The number of hydrogen-bond donors (Lipinski definition) is 2. The molecule has 0 spiro atoms. The highest BCUT2D eigenvalue weighted by atomic mass is 35.5. The van der Waals surface area contributed by atoms with E-state index in [-0.39, 0.29) is 41.8 Å². The van der Waals surface area contributed by atoms with E-state index in [1.54, 1.807) is 0 Å². The first kappa shape index (κ1) is 26.5. The molecule has 3 heterocycles. The molecule has 2 aromatic carbocycles. The highest BCUT2D eigenvalue weighted by Gasteiger charge is 2.45. The Morgan fingerprint density at radius 1 is 0.892 bits per heavy atom. The molecule has 2 amide bonds. The Bertz CT molecular complexity index is 1110. The molecule has 3 aliphatic rings. The van der Waals surface area contributed by atoms with Crippen LogP contribution in [0.15, 0.2) is 48.5 Å². The normalized spacial score (nSPS) is 28.9. The van der Waals surface area contributed by atoms with Gasteiger partial charge in [-0.3, -0.25) is 9.59 Å². The maximum Gasteiger partial charge on any atom is 0.245 e. The first-order chi connectivity index (χ1) is 17.8. The number of carbonyl (C=O) groups excluding carboxylic acids is 2. The van der Waals surface area contributed by atoms with Gasteiger partial charge >= 0.3 is 0 Å². The van der Waals surface area contributed by atoms with Crippen LogP contribution < -0.4 is 11.1 Å². The van der Waals surface area contributed by atoms with Gasteiger partial charge in [-0.2, -0.15) is 0 Å². The van der Waals surface area contributed by atoms with E-state index < -0.39 is 6.04 Å². The van der Waals surface area contributed by atoms with Gasteiger partial charge in [-0.05, 0) is 74.4 Å². The van der Waals surface area contributed by atoms with Crippen molar-refractivity contribution in [1.29, 1.82) is 0 Å². The van der Waals surface area contributed by atoms with Crippen LogP contribution in [-0.2, 0) is 9.59 Å². The molecule has 5 rings (SSSR count). The van der Waals surface area contributed by atoms with Crippen molar-refractivity contribution in [2.45, 2.75) is 75.0 Å². The topological polar surface area (TPSA) is 78.7 Å². The number of nitrogens with two attached hydrogens (primary N) is 1. The second-order valence-corrected chi connectivity index (χ2v) is 11.8. The lowest BCUT2D eigenvalue weighted by atomic mass is 9.94. The molecule has 0 saturated carbocycles. The molecule has 0 aromatic heterocycles. The lowest BCUT2D eigenvalue weighted by Crippen LogP contribution is -2.58. The van der Waals surface area contributed by atoms with Crippen molar-refractivity contribution >= 4 is 35.0 Å². The summed E-state index contributed by atoms with van der Waals surface area (Å²) >= 11 is 12.2. The second-order valence-electron chi connectivity index (χ2n) is 10.9. The maximum absolute atomic E-state index is 13.9. The summed E-state index contributed by atoms with van der Waals surface area (Å²) in [6.45, 7) is 3.88. The molecule has 3 saturated heterocycles. The van der Waals surface area contributed by atoms with Crippen LogP contribution in [0.2, 0.25) is 10.0 Å². The van der Waals surface area contributed by atoms with Crippen LogP contribution in [0.4, 0.5) is 0 Å². The Balaban J connectivity index is 1.34. The minimum absolute atomic E-state index is 0.0219. The monoisotopic (exact) mass is 542 g/mol. The van der Waals surface area contributed by atoms with Crippen molar-refractivity contribution in [3.05, 3.63) is 69.7 Å². The van der Waals surface area contributed by atoms with E-state index in [2.05, 4.69) is 5.32 Å². The van der Waals surface area contributed by atoms with Gasteiger partial charge in [0, 0.05) is 53.6 Å². The summed E-state index contributed by atoms with van der Waals surface area (Å²) in [5.41, 5.74) is 8.47. The highest BCUT2D eigenvalue weighted by molar-refractivity contribution is 6.30. The van der Waals surface area contributed by atoms with Gasteiger partial charge in [0.1, 0.15) is 6.04 Å². The molecule has 3 N–H and O–H groups in total. The predicted octanol–water partition coefficient (Wildman–Crippen LogP) is 4.55. The molecule has 3 aliphatic heterocycles. The largest absolute Gasteiger partial charge is 0.340 e. The fraction of sp³-hybridized carbons (Fsp3) is 0.517. The van der Waals surface area contributed by atoms with Crippen LogP contribution in [0.3, 0.4) is 0 Å². The summed E-state index contributed by atoms with van der Waals surface area (Å²) in [4.78, 5) is 31.6. The summed E-state index contributed by atoms with van der Waals surface area (Å²) in [6.07, 6.45) is 4.23. The molecule has 0 aliphatic carbocycles. The molecule has 8 heteroatoms. The van der Waals surface area contributed by atoms with Crippen LogP contribution in [0.5, 0.6) is 0 Å². The summed E-state index contributed by atoms with van der Waals surface area (Å²) in [5, 5.41) is 4.88. The molecule has 37 heavy (non-hydrogen) atoms. The first-order valence-corrected chi connectivity index (χ1v) is 14.2. The summed E-state index contributed by atoms with van der Waals surface area (Å²) in [5.74, 6) is 0.456. The molecule has 2 aromatic rings. The number of piperidine rings is 1. The fourth-order valence-electron chi connectivity index (χ4n) is 6.24. The Kier molecular flexibility index (Phi) is 8.10. The van der Waals surface area contributed by atoms with Crippen LogP contribution in [0.25, 0.3) is 0 Å². The van der Waals surface area contributed by atoms with Gasteiger partial charge in [-0.1, -0.05) is 47.5 Å².